The number of carbonyl (C=O) groups is 1. The van der Waals surface area contributed by atoms with E-state index in [0.717, 1.165) is 12.8 Å². The molecule has 0 N–H and O–H groups in total. The summed E-state index contributed by atoms with van der Waals surface area (Å²) in [4.78, 5) is 16.9. The van der Waals surface area contributed by atoms with E-state index in [0.29, 0.717) is 30.3 Å². The number of amides is 1. The Hall–Kier alpha value is -1.75. The molecule has 0 bridgehead atoms. The van der Waals surface area contributed by atoms with Gasteiger partial charge in [0.25, 0.3) is 5.91 Å². The van der Waals surface area contributed by atoms with Gasteiger partial charge >= 0.3 is 0 Å². The summed E-state index contributed by atoms with van der Waals surface area (Å²) >= 11 is 0. The lowest BCUT2D eigenvalue weighted by Gasteiger charge is -2.16. The first kappa shape index (κ1) is 16.3. The minimum Gasteiger partial charge on any atom is -0.490 e. The predicted molar refractivity (Wildman–Crippen MR) is 77.1 cm³/mol. The van der Waals surface area contributed by atoms with Crippen LogP contribution in [0.15, 0.2) is 18.2 Å². The summed E-state index contributed by atoms with van der Waals surface area (Å²) in [7, 11) is 3.02. The predicted octanol–water partition coefficient (Wildman–Crippen LogP) is 2.90. The van der Waals surface area contributed by atoms with E-state index in [2.05, 4.69) is 0 Å². The van der Waals surface area contributed by atoms with Crippen LogP contribution in [0.3, 0.4) is 0 Å². The second-order valence-electron chi connectivity index (χ2n) is 4.34. The van der Waals surface area contributed by atoms with E-state index in [1.54, 1.807) is 25.2 Å². The summed E-state index contributed by atoms with van der Waals surface area (Å²) in [5, 5.41) is 1.17. The third-order valence-corrected chi connectivity index (χ3v) is 2.67. The van der Waals surface area contributed by atoms with E-state index in [9.17, 15) is 4.79 Å². The summed E-state index contributed by atoms with van der Waals surface area (Å²) in [6.07, 6.45) is 1.81. The second-order valence-corrected chi connectivity index (χ2v) is 4.34. The summed E-state index contributed by atoms with van der Waals surface area (Å²) < 4.78 is 11.3. The van der Waals surface area contributed by atoms with Crippen LogP contribution in [-0.4, -0.2) is 38.3 Å². The third-order valence-electron chi connectivity index (χ3n) is 2.67. The number of rotatable bonds is 8. The minimum absolute atomic E-state index is 0.226. The molecule has 0 fully saturated rings. The van der Waals surface area contributed by atoms with Crippen LogP contribution >= 0.6 is 0 Å². The van der Waals surface area contributed by atoms with Gasteiger partial charge in [0.1, 0.15) is 0 Å². The largest absolute Gasteiger partial charge is 0.490 e. The van der Waals surface area contributed by atoms with Crippen LogP contribution in [0.25, 0.3) is 0 Å². The van der Waals surface area contributed by atoms with Crippen LogP contribution in [0, 0.1) is 0 Å². The first-order valence-electron chi connectivity index (χ1n) is 6.85. The van der Waals surface area contributed by atoms with Gasteiger partial charge in [0.2, 0.25) is 0 Å². The number of nitrogens with zero attached hydrogens (tertiary/aromatic N) is 1. The maximum atomic E-state index is 12.0. The number of hydroxylamine groups is 2. The fraction of sp³-hybridized carbons (Fsp3) is 0.533. The lowest BCUT2D eigenvalue weighted by Crippen LogP contribution is -2.25. The summed E-state index contributed by atoms with van der Waals surface area (Å²) in [6, 6.07) is 5.16. The molecule has 0 saturated heterocycles. The van der Waals surface area contributed by atoms with E-state index >= 15 is 0 Å². The highest BCUT2D eigenvalue weighted by Crippen LogP contribution is 2.29. The Bertz CT molecular complexity index is 434. The zero-order chi connectivity index (χ0) is 15.0. The maximum absolute atomic E-state index is 12.0. The van der Waals surface area contributed by atoms with E-state index in [4.69, 9.17) is 14.3 Å². The summed E-state index contributed by atoms with van der Waals surface area (Å²) in [5.41, 5.74) is 0.504. The molecule has 0 atom stereocenters. The molecule has 0 aliphatic carbocycles. The van der Waals surface area contributed by atoms with Crippen molar-refractivity contribution >= 4 is 5.91 Å². The lowest BCUT2D eigenvalue weighted by molar-refractivity contribution is -0.0757. The number of ether oxygens (including phenoxy) is 2. The van der Waals surface area contributed by atoms with Crippen molar-refractivity contribution in [2.45, 2.75) is 26.7 Å². The monoisotopic (exact) mass is 281 g/mol. The fourth-order valence-electron chi connectivity index (χ4n) is 1.56. The second kappa shape index (κ2) is 8.43. The van der Waals surface area contributed by atoms with Gasteiger partial charge in [0.15, 0.2) is 11.5 Å². The molecule has 1 aromatic rings. The van der Waals surface area contributed by atoms with Gasteiger partial charge in [-0.2, -0.15) is 0 Å². The molecule has 112 valence electrons. The van der Waals surface area contributed by atoms with Crippen molar-refractivity contribution in [3.05, 3.63) is 23.8 Å². The van der Waals surface area contributed by atoms with Crippen molar-refractivity contribution in [2.24, 2.45) is 0 Å². The molecule has 0 radical (unpaired) electrons. The highest BCUT2D eigenvalue weighted by Gasteiger charge is 2.15. The van der Waals surface area contributed by atoms with Gasteiger partial charge < -0.3 is 9.47 Å². The quantitative estimate of drug-likeness (QED) is 0.687. The Labute approximate surface area is 120 Å². The van der Waals surface area contributed by atoms with Gasteiger partial charge in [0.05, 0.1) is 20.3 Å². The number of hydrogen-bond acceptors (Lipinski definition) is 4. The third kappa shape index (κ3) is 4.42. The van der Waals surface area contributed by atoms with Crippen molar-refractivity contribution in [2.75, 3.05) is 27.4 Å². The Kier molecular flexibility index (Phi) is 6.87. The van der Waals surface area contributed by atoms with Crippen molar-refractivity contribution in [1.29, 1.82) is 0 Å². The van der Waals surface area contributed by atoms with Gasteiger partial charge in [-0.25, -0.2) is 5.06 Å². The van der Waals surface area contributed by atoms with E-state index in [1.807, 2.05) is 13.8 Å². The molecule has 0 aliphatic heterocycles. The molecule has 1 amide bonds. The van der Waals surface area contributed by atoms with Crippen molar-refractivity contribution in [3.8, 4) is 11.5 Å². The molecular formula is C15H23NO4. The van der Waals surface area contributed by atoms with E-state index < -0.39 is 0 Å². The Morgan fingerprint density at radius 3 is 2.25 bits per heavy atom. The Morgan fingerprint density at radius 1 is 1.10 bits per heavy atom. The lowest BCUT2D eigenvalue weighted by atomic mass is 10.2. The number of carbonyl (C=O) groups excluding carboxylic acids is 1. The maximum Gasteiger partial charge on any atom is 0.277 e. The van der Waals surface area contributed by atoms with Crippen molar-refractivity contribution < 1.29 is 19.1 Å². The van der Waals surface area contributed by atoms with Crippen molar-refractivity contribution in [3.63, 3.8) is 0 Å². The molecule has 1 aromatic carbocycles. The minimum atomic E-state index is -0.226. The molecule has 1 rings (SSSR count). The van der Waals surface area contributed by atoms with Crippen LogP contribution in [0.5, 0.6) is 11.5 Å². The molecule has 0 saturated carbocycles. The molecule has 0 heterocycles. The van der Waals surface area contributed by atoms with Crippen LogP contribution in [0.4, 0.5) is 0 Å². The van der Waals surface area contributed by atoms with Crippen LogP contribution in [0.2, 0.25) is 0 Å². The number of hydrogen-bond donors (Lipinski definition) is 0. The van der Waals surface area contributed by atoms with Crippen LogP contribution < -0.4 is 9.47 Å². The first-order chi connectivity index (χ1) is 9.63. The molecule has 0 spiro atoms. The molecular weight excluding hydrogens is 258 g/mol. The highest BCUT2D eigenvalue weighted by atomic mass is 16.7. The topological polar surface area (TPSA) is 48.0 Å². The van der Waals surface area contributed by atoms with Crippen molar-refractivity contribution in [1.82, 2.24) is 5.06 Å². The number of benzene rings is 1. The zero-order valence-corrected chi connectivity index (χ0v) is 12.6. The van der Waals surface area contributed by atoms with Crippen LogP contribution in [0.1, 0.15) is 37.0 Å². The SMILES string of the molecule is CCCOc1ccc(C(=O)N(C)OC)cc1OCCC. The van der Waals surface area contributed by atoms with Gasteiger partial charge in [-0.05, 0) is 31.0 Å². The summed E-state index contributed by atoms with van der Waals surface area (Å²) in [5.74, 6) is 1.03. The van der Waals surface area contributed by atoms with E-state index in [-0.39, 0.29) is 5.91 Å². The Balaban J connectivity index is 2.96. The standard InChI is InChI=1S/C15H23NO4/c1-5-9-19-13-8-7-12(15(17)16(3)18-4)11-14(13)20-10-6-2/h7-8,11H,5-6,9-10H2,1-4H3. The normalized spacial score (nSPS) is 10.2. The molecule has 0 aliphatic rings. The molecule has 5 heteroatoms. The molecule has 20 heavy (non-hydrogen) atoms. The van der Waals surface area contributed by atoms with Gasteiger partial charge in [-0.1, -0.05) is 13.8 Å². The average Bonchev–Trinajstić information content (AvgIpc) is 2.49. The first-order valence-corrected chi connectivity index (χ1v) is 6.85. The van der Waals surface area contributed by atoms with Gasteiger partial charge in [-0.3, -0.25) is 9.63 Å². The average molecular weight is 281 g/mol. The Morgan fingerprint density at radius 2 is 1.70 bits per heavy atom. The zero-order valence-electron chi connectivity index (χ0n) is 12.6. The molecule has 5 nitrogen and oxygen atoms in total. The fourth-order valence-corrected chi connectivity index (χ4v) is 1.56. The summed E-state index contributed by atoms with van der Waals surface area (Å²) in [6.45, 7) is 5.27. The molecule has 0 aromatic heterocycles. The molecule has 0 unspecified atom stereocenters. The van der Waals surface area contributed by atoms with Gasteiger partial charge in [-0.15, -0.1) is 0 Å². The smallest absolute Gasteiger partial charge is 0.277 e. The highest BCUT2D eigenvalue weighted by molar-refractivity contribution is 5.94. The van der Waals surface area contributed by atoms with Gasteiger partial charge in [0, 0.05) is 12.6 Å². The van der Waals surface area contributed by atoms with E-state index in [1.165, 1.54) is 12.2 Å². The van der Waals surface area contributed by atoms with Crippen LogP contribution in [-0.2, 0) is 4.84 Å².